The van der Waals surface area contributed by atoms with Crippen molar-refractivity contribution >= 4 is 27.1 Å². The fourth-order valence-electron chi connectivity index (χ4n) is 3.43. The average Bonchev–Trinajstić information content (AvgIpc) is 2.84. The molecule has 1 saturated heterocycles. The van der Waals surface area contributed by atoms with Crippen molar-refractivity contribution in [3.05, 3.63) is 35.5 Å². The van der Waals surface area contributed by atoms with Gasteiger partial charge >= 0.3 is 0 Å². The van der Waals surface area contributed by atoms with E-state index in [0.29, 0.717) is 24.5 Å². The van der Waals surface area contributed by atoms with Gasteiger partial charge in [-0.1, -0.05) is 6.08 Å². The Hall–Kier alpha value is -1.93. The van der Waals surface area contributed by atoms with Crippen molar-refractivity contribution in [1.29, 1.82) is 0 Å². The lowest BCUT2D eigenvalue weighted by Gasteiger charge is -2.37. The van der Waals surface area contributed by atoms with Gasteiger partial charge in [-0.15, -0.1) is 0 Å². The molecule has 2 heterocycles. The van der Waals surface area contributed by atoms with Crippen molar-refractivity contribution in [2.75, 3.05) is 29.1 Å². The van der Waals surface area contributed by atoms with Gasteiger partial charge in [-0.05, 0) is 32.0 Å². The van der Waals surface area contributed by atoms with E-state index in [1.54, 1.807) is 12.1 Å². The molecular formula is C18H23FN2O4S. The maximum atomic E-state index is 14.5. The molecule has 8 heteroatoms. The van der Waals surface area contributed by atoms with Gasteiger partial charge in [-0.2, -0.15) is 0 Å². The van der Waals surface area contributed by atoms with Gasteiger partial charge in [0, 0.05) is 36.5 Å². The first-order valence-corrected chi connectivity index (χ1v) is 10.3. The predicted octanol–water partition coefficient (Wildman–Crippen LogP) is 2.33. The Morgan fingerprint density at radius 1 is 1.31 bits per heavy atom. The number of benzene rings is 1. The van der Waals surface area contributed by atoms with Crippen molar-refractivity contribution in [3.8, 4) is 0 Å². The average molecular weight is 382 g/mol. The molecule has 0 aliphatic carbocycles. The van der Waals surface area contributed by atoms with Crippen LogP contribution in [0, 0.1) is 11.7 Å². The van der Waals surface area contributed by atoms with E-state index in [1.165, 1.54) is 12.1 Å². The summed E-state index contributed by atoms with van der Waals surface area (Å²) in [6.45, 7) is 5.12. The molecule has 1 aromatic carbocycles. The lowest BCUT2D eigenvalue weighted by Crippen LogP contribution is -2.45. The number of hydrogen-bond acceptors (Lipinski definition) is 5. The van der Waals surface area contributed by atoms with Crippen LogP contribution >= 0.6 is 0 Å². The molecule has 0 spiro atoms. The molecule has 0 saturated carbocycles. The maximum Gasteiger partial charge on any atom is 0.224 e. The molecule has 26 heavy (non-hydrogen) atoms. The summed E-state index contributed by atoms with van der Waals surface area (Å²) in [6.07, 6.45) is 1.62. The number of nitrogens with zero attached hydrogens (tertiary/aromatic N) is 1. The normalized spacial score (nSPS) is 27.5. The van der Waals surface area contributed by atoms with E-state index in [4.69, 9.17) is 4.74 Å². The Morgan fingerprint density at radius 2 is 2.00 bits per heavy atom. The van der Waals surface area contributed by atoms with Gasteiger partial charge < -0.3 is 15.0 Å². The topological polar surface area (TPSA) is 75.7 Å². The number of ether oxygens (including phenoxy) is 1. The number of nitrogens with one attached hydrogen (secondary N) is 1. The molecule has 3 rings (SSSR count). The zero-order chi connectivity index (χ0) is 18.9. The van der Waals surface area contributed by atoms with Gasteiger partial charge in [-0.3, -0.25) is 4.79 Å². The van der Waals surface area contributed by atoms with Crippen LogP contribution < -0.4 is 10.2 Å². The first-order chi connectivity index (χ1) is 12.2. The van der Waals surface area contributed by atoms with Crippen LogP contribution in [0.2, 0.25) is 0 Å². The highest BCUT2D eigenvalue weighted by Gasteiger charge is 2.25. The molecule has 6 nitrogen and oxygen atoms in total. The van der Waals surface area contributed by atoms with Gasteiger partial charge in [-0.25, -0.2) is 12.8 Å². The van der Waals surface area contributed by atoms with Gasteiger partial charge in [0.2, 0.25) is 5.91 Å². The molecule has 0 radical (unpaired) electrons. The van der Waals surface area contributed by atoms with Crippen molar-refractivity contribution in [2.24, 2.45) is 5.92 Å². The number of carbonyl (C=O) groups is 1. The Labute approximate surface area is 152 Å². The summed E-state index contributed by atoms with van der Waals surface area (Å²) in [5.41, 5.74) is 0.838. The number of allylic oxidation sites excluding steroid dienone is 1. The minimum atomic E-state index is -3.18. The molecule has 0 unspecified atom stereocenters. The third-order valence-corrected chi connectivity index (χ3v) is 5.91. The van der Waals surface area contributed by atoms with Gasteiger partial charge in [0.15, 0.2) is 9.84 Å². The molecule has 2 aliphatic heterocycles. The van der Waals surface area contributed by atoms with Crippen LogP contribution in [-0.4, -0.2) is 45.4 Å². The lowest BCUT2D eigenvalue weighted by molar-refractivity contribution is -0.116. The molecule has 1 N–H and O–H groups in total. The SMILES string of the molecule is C[C@@H]1CN(c2ccc(NC(=O)C[C@H]3C=CS(=O)(=O)C3)cc2F)C[C@H](C)O1. The Morgan fingerprint density at radius 3 is 2.58 bits per heavy atom. The number of rotatable bonds is 4. The van der Waals surface area contributed by atoms with Crippen molar-refractivity contribution in [2.45, 2.75) is 32.5 Å². The summed E-state index contributed by atoms with van der Waals surface area (Å²) in [7, 11) is -3.18. The van der Waals surface area contributed by atoms with Gasteiger partial charge in [0.1, 0.15) is 5.82 Å². The monoisotopic (exact) mass is 382 g/mol. The van der Waals surface area contributed by atoms with Crippen LogP contribution in [0.5, 0.6) is 0 Å². The van der Waals surface area contributed by atoms with E-state index in [0.717, 1.165) is 5.41 Å². The summed E-state index contributed by atoms with van der Waals surface area (Å²) in [6, 6.07) is 4.59. The molecule has 2 aliphatic rings. The lowest BCUT2D eigenvalue weighted by atomic mass is 10.1. The van der Waals surface area contributed by atoms with Crippen LogP contribution in [0.1, 0.15) is 20.3 Å². The first-order valence-electron chi connectivity index (χ1n) is 8.62. The Balaban J connectivity index is 1.62. The summed E-state index contributed by atoms with van der Waals surface area (Å²) in [5.74, 6) is -1.13. The van der Waals surface area contributed by atoms with Crippen LogP contribution in [0.4, 0.5) is 15.8 Å². The summed E-state index contributed by atoms with van der Waals surface area (Å²) in [5, 5.41) is 3.78. The molecule has 1 aromatic rings. The van der Waals surface area contributed by atoms with E-state index in [-0.39, 0.29) is 36.2 Å². The van der Waals surface area contributed by atoms with Crippen molar-refractivity contribution in [3.63, 3.8) is 0 Å². The van der Waals surface area contributed by atoms with Crippen LogP contribution in [0.15, 0.2) is 29.7 Å². The largest absolute Gasteiger partial charge is 0.372 e. The number of sulfone groups is 1. The van der Waals surface area contributed by atoms with Crippen molar-refractivity contribution in [1.82, 2.24) is 0 Å². The highest BCUT2D eigenvalue weighted by molar-refractivity contribution is 7.94. The minimum Gasteiger partial charge on any atom is -0.372 e. The number of anilines is 2. The predicted molar refractivity (Wildman–Crippen MR) is 98.3 cm³/mol. The zero-order valence-corrected chi connectivity index (χ0v) is 15.6. The maximum absolute atomic E-state index is 14.5. The second kappa shape index (κ2) is 7.36. The number of hydrogen-bond donors (Lipinski definition) is 1. The third kappa shape index (κ3) is 4.62. The minimum absolute atomic E-state index is 0.0216. The highest BCUT2D eigenvalue weighted by Crippen LogP contribution is 2.26. The molecule has 3 atom stereocenters. The second-order valence-corrected chi connectivity index (χ2v) is 8.93. The fourth-order valence-corrected chi connectivity index (χ4v) is 4.83. The fraction of sp³-hybridized carbons (Fsp3) is 0.500. The van der Waals surface area contributed by atoms with E-state index in [1.807, 2.05) is 18.7 Å². The standard InChI is InChI=1S/C18H23FN2O4S/c1-12-9-21(10-13(2)25-12)17-4-3-15(8-16(17)19)20-18(22)7-14-5-6-26(23,24)11-14/h3-6,8,12-14H,7,9-11H2,1-2H3,(H,20,22)/t12-,13+,14-/m1/s1. The summed E-state index contributed by atoms with van der Waals surface area (Å²) < 4.78 is 42.9. The van der Waals surface area contributed by atoms with E-state index in [2.05, 4.69) is 5.32 Å². The van der Waals surface area contributed by atoms with Crippen LogP contribution in [0.3, 0.4) is 0 Å². The first kappa shape index (κ1) is 18.8. The molecular weight excluding hydrogens is 359 g/mol. The Kier molecular flexibility index (Phi) is 5.34. The van der Waals surface area contributed by atoms with Crippen LogP contribution in [-0.2, 0) is 19.4 Å². The summed E-state index contributed by atoms with van der Waals surface area (Å²) in [4.78, 5) is 14.0. The van der Waals surface area contributed by atoms with Gasteiger partial charge in [0.25, 0.3) is 0 Å². The number of carbonyl (C=O) groups excluding carboxylic acids is 1. The van der Waals surface area contributed by atoms with E-state index in [9.17, 15) is 17.6 Å². The van der Waals surface area contributed by atoms with E-state index >= 15 is 0 Å². The molecule has 142 valence electrons. The second-order valence-electron chi connectivity index (χ2n) is 7.00. The third-order valence-electron chi connectivity index (χ3n) is 4.44. The van der Waals surface area contributed by atoms with Crippen molar-refractivity contribution < 1.29 is 22.3 Å². The molecule has 0 bridgehead atoms. The quantitative estimate of drug-likeness (QED) is 0.865. The summed E-state index contributed by atoms with van der Waals surface area (Å²) >= 11 is 0. The molecule has 1 fully saturated rings. The van der Waals surface area contributed by atoms with Gasteiger partial charge in [0.05, 0.1) is 23.6 Å². The number of amides is 1. The van der Waals surface area contributed by atoms with Crippen LogP contribution in [0.25, 0.3) is 0 Å². The zero-order valence-electron chi connectivity index (χ0n) is 14.8. The Bertz CT molecular complexity index is 814. The molecule has 1 amide bonds. The number of halogens is 1. The van der Waals surface area contributed by atoms with E-state index < -0.39 is 15.7 Å². The number of morpholine rings is 1. The molecule has 0 aromatic heterocycles. The smallest absolute Gasteiger partial charge is 0.224 e. The highest BCUT2D eigenvalue weighted by atomic mass is 32.2.